The maximum atomic E-state index is 10.1. The van der Waals surface area contributed by atoms with Crippen LogP contribution in [0.3, 0.4) is 0 Å². The van der Waals surface area contributed by atoms with Crippen LogP contribution in [0.15, 0.2) is 18.2 Å². The van der Waals surface area contributed by atoms with E-state index < -0.39 is 0 Å². The minimum absolute atomic E-state index is 0.150. The number of ether oxygens (including phenoxy) is 1. The van der Waals surface area contributed by atoms with Gasteiger partial charge in [-0.3, -0.25) is 0 Å². The average molecular weight is 264 g/mol. The molecule has 2 unspecified atom stereocenters. The molecule has 0 spiro atoms. The standard InChI is InChI=1S/C15H24N2O2/c1-11(16-2)14-7-6-12(9-15(14)18)17(3)10-13-5-4-8-19-13/h6-7,9,11,13,16,18H,4-5,8,10H2,1-3H3. The van der Waals surface area contributed by atoms with Gasteiger partial charge in [0.2, 0.25) is 0 Å². The summed E-state index contributed by atoms with van der Waals surface area (Å²) in [5.74, 6) is 0.346. The van der Waals surface area contributed by atoms with Crippen LogP contribution in [0.1, 0.15) is 31.4 Å². The van der Waals surface area contributed by atoms with Gasteiger partial charge in [-0.05, 0) is 32.9 Å². The highest BCUT2D eigenvalue weighted by atomic mass is 16.5. The maximum Gasteiger partial charge on any atom is 0.122 e. The molecule has 2 N–H and O–H groups in total. The van der Waals surface area contributed by atoms with Crippen LogP contribution in [0.2, 0.25) is 0 Å². The average Bonchev–Trinajstić information content (AvgIpc) is 2.90. The predicted octanol–water partition coefficient (Wildman–Crippen LogP) is 2.29. The number of anilines is 1. The fourth-order valence-corrected chi connectivity index (χ4v) is 2.49. The van der Waals surface area contributed by atoms with E-state index in [-0.39, 0.29) is 6.04 Å². The van der Waals surface area contributed by atoms with E-state index >= 15 is 0 Å². The van der Waals surface area contributed by atoms with Crippen molar-refractivity contribution in [3.8, 4) is 5.75 Å². The highest BCUT2D eigenvalue weighted by Crippen LogP contribution is 2.29. The molecule has 0 aliphatic carbocycles. The van der Waals surface area contributed by atoms with Crippen molar-refractivity contribution >= 4 is 5.69 Å². The molecule has 1 aliphatic rings. The molecule has 19 heavy (non-hydrogen) atoms. The van der Waals surface area contributed by atoms with Gasteiger partial charge >= 0.3 is 0 Å². The summed E-state index contributed by atoms with van der Waals surface area (Å²) < 4.78 is 5.64. The number of phenols is 1. The molecule has 1 heterocycles. The quantitative estimate of drug-likeness (QED) is 0.856. The number of phenolic OH excluding ortho intramolecular Hbond substituents is 1. The highest BCUT2D eigenvalue weighted by molar-refractivity contribution is 5.53. The van der Waals surface area contributed by atoms with Crippen molar-refractivity contribution in [2.75, 3.05) is 32.1 Å². The van der Waals surface area contributed by atoms with Crippen LogP contribution >= 0.6 is 0 Å². The Balaban J connectivity index is 2.05. The van der Waals surface area contributed by atoms with Gasteiger partial charge in [0.05, 0.1) is 6.10 Å². The molecular formula is C15H24N2O2. The van der Waals surface area contributed by atoms with E-state index in [4.69, 9.17) is 4.74 Å². The second-order valence-electron chi connectivity index (χ2n) is 5.27. The monoisotopic (exact) mass is 264 g/mol. The molecule has 4 nitrogen and oxygen atoms in total. The van der Waals surface area contributed by atoms with Gasteiger partial charge in [0.25, 0.3) is 0 Å². The number of rotatable bonds is 5. The molecular weight excluding hydrogens is 240 g/mol. The van der Waals surface area contributed by atoms with Crippen LogP contribution in [0.5, 0.6) is 5.75 Å². The zero-order valence-electron chi connectivity index (χ0n) is 12.0. The molecule has 4 heteroatoms. The largest absolute Gasteiger partial charge is 0.508 e. The number of nitrogens with one attached hydrogen (secondary N) is 1. The summed E-state index contributed by atoms with van der Waals surface area (Å²) in [6, 6.07) is 6.02. The SMILES string of the molecule is CNC(C)c1ccc(N(C)CC2CCCO2)cc1O. The zero-order valence-corrected chi connectivity index (χ0v) is 12.0. The van der Waals surface area contributed by atoms with Crippen LogP contribution in [-0.4, -0.2) is 38.5 Å². The van der Waals surface area contributed by atoms with Crippen molar-refractivity contribution in [3.05, 3.63) is 23.8 Å². The number of nitrogens with zero attached hydrogens (tertiary/aromatic N) is 1. The lowest BCUT2D eigenvalue weighted by Gasteiger charge is -2.24. The van der Waals surface area contributed by atoms with Gasteiger partial charge in [-0.25, -0.2) is 0 Å². The van der Waals surface area contributed by atoms with E-state index in [0.29, 0.717) is 11.9 Å². The second kappa shape index (κ2) is 6.26. The summed E-state index contributed by atoms with van der Waals surface area (Å²) in [5, 5.41) is 13.2. The summed E-state index contributed by atoms with van der Waals surface area (Å²) in [5.41, 5.74) is 1.96. The lowest BCUT2D eigenvalue weighted by Crippen LogP contribution is -2.28. The molecule has 106 valence electrons. The summed E-state index contributed by atoms with van der Waals surface area (Å²) >= 11 is 0. The fourth-order valence-electron chi connectivity index (χ4n) is 2.49. The Morgan fingerprint density at radius 1 is 1.53 bits per heavy atom. The predicted molar refractivity (Wildman–Crippen MR) is 77.8 cm³/mol. The Kier molecular flexibility index (Phi) is 4.66. The molecule has 1 aromatic rings. The molecule has 0 amide bonds. The Labute approximate surface area is 115 Å². The smallest absolute Gasteiger partial charge is 0.122 e. The van der Waals surface area contributed by atoms with Crippen LogP contribution in [0, 0.1) is 0 Å². The molecule has 0 bridgehead atoms. The van der Waals surface area contributed by atoms with E-state index in [2.05, 4.69) is 16.3 Å². The molecule has 1 fully saturated rings. The van der Waals surface area contributed by atoms with Crippen molar-refractivity contribution in [2.24, 2.45) is 0 Å². The normalized spacial score (nSPS) is 20.5. The minimum Gasteiger partial charge on any atom is -0.508 e. The van der Waals surface area contributed by atoms with Crippen molar-refractivity contribution in [1.82, 2.24) is 5.32 Å². The number of aromatic hydroxyl groups is 1. The van der Waals surface area contributed by atoms with Crippen LogP contribution in [0.4, 0.5) is 5.69 Å². The van der Waals surface area contributed by atoms with Crippen LogP contribution in [-0.2, 0) is 4.74 Å². The Hall–Kier alpha value is -1.26. The van der Waals surface area contributed by atoms with Crippen LogP contribution < -0.4 is 10.2 Å². The van der Waals surface area contributed by atoms with Crippen molar-refractivity contribution in [1.29, 1.82) is 0 Å². The Morgan fingerprint density at radius 2 is 2.32 bits per heavy atom. The third-order valence-electron chi connectivity index (χ3n) is 3.86. The van der Waals surface area contributed by atoms with Gasteiger partial charge in [-0.15, -0.1) is 0 Å². The van der Waals surface area contributed by atoms with Gasteiger partial charge in [0.1, 0.15) is 5.75 Å². The molecule has 1 aromatic carbocycles. The zero-order chi connectivity index (χ0) is 13.8. The number of hydrogen-bond donors (Lipinski definition) is 2. The third kappa shape index (κ3) is 3.39. The van der Waals surface area contributed by atoms with E-state index in [1.54, 1.807) is 0 Å². The first kappa shape index (κ1) is 14.2. The summed E-state index contributed by atoms with van der Waals surface area (Å²) in [7, 11) is 3.93. The molecule has 0 aromatic heterocycles. The molecule has 0 saturated carbocycles. The summed E-state index contributed by atoms with van der Waals surface area (Å²) in [6.07, 6.45) is 2.61. The van der Waals surface area contributed by atoms with Crippen molar-refractivity contribution in [3.63, 3.8) is 0 Å². The van der Waals surface area contributed by atoms with Gasteiger partial charge in [-0.2, -0.15) is 0 Å². The second-order valence-corrected chi connectivity index (χ2v) is 5.27. The lowest BCUT2D eigenvalue weighted by molar-refractivity contribution is 0.116. The minimum atomic E-state index is 0.150. The van der Waals surface area contributed by atoms with Crippen molar-refractivity contribution in [2.45, 2.75) is 31.9 Å². The Bertz CT molecular complexity index is 417. The van der Waals surface area contributed by atoms with E-state index in [1.807, 2.05) is 33.2 Å². The van der Waals surface area contributed by atoms with E-state index in [0.717, 1.165) is 37.2 Å². The lowest BCUT2D eigenvalue weighted by atomic mass is 10.1. The first-order valence-electron chi connectivity index (χ1n) is 6.94. The van der Waals surface area contributed by atoms with Gasteiger partial charge in [0, 0.05) is 43.6 Å². The van der Waals surface area contributed by atoms with Gasteiger partial charge < -0.3 is 20.1 Å². The first-order chi connectivity index (χ1) is 9.11. The first-order valence-corrected chi connectivity index (χ1v) is 6.94. The number of benzene rings is 1. The molecule has 0 radical (unpaired) electrons. The summed E-state index contributed by atoms with van der Waals surface area (Å²) in [4.78, 5) is 2.14. The van der Waals surface area contributed by atoms with Crippen molar-refractivity contribution < 1.29 is 9.84 Å². The molecule has 2 atom stereocenters. The molecule has 1 aliphatic heterocycles. The fraction of sp³-hybridized carbons (Fsp3) is 0.600. The number of likely N-dealkylation sites (N-methyl/N-ethyl adjacent to an activating group) is 1. The Morgan fingerprint density at radius 3 is 2.89 bits per heavy atom. The maximum absolute atomic E-state index is 10.1. The molecule has 2 rings (SSSR count). The number of hydrogen-bond acceptors (Lipinski definition) is 4. The molecule has 1 saturated heterocycles. The van der Waals surface area contributed by atoms with Crippen LogP contribution in [0.25, 0.3) is 0 Å². The topological polar surface area (TPSA) is 44.7 Å². The highest BCUT2D eigenvalue weighted by Gasteiger charge is 2.18. The van der Waals surface area contributed by atoms with Gasteiger partial charge in [-0.1, -0.05) is 6.07 Å². The third-order valence-corrected chi connectivity index (χ3v) is 3.86. The van der Waals surface area contributed by atoms with Gasteiger partial charge in [0.15, 0.2) is 0 Å². The van der Waals surface area contributed by atoms with E-state index in [1.165, 1.54) is 0 Å². The summed E-state index contributed by atoms with van der Waals surface area (Å²) in [6.45, 7) is 3.79. The van der Waals surface area contributed by atoms with E-state index in [9.17, 15) is 5.11 Å².